The van der Waals surface area contributed by atoms with Gasteiger partial charge in [0.2, 0.25) is 0 Å². The van der Waals surface area contributed by atoms with Crippen LogP contribution >= 0.6 is 0 Å². The van der Waals surface area contributed by atoms with E-state index >= 15 is 0 Å². The zero-order valence-electron chi connectivity index (χ0n) is 9.55. The van der Waals surface area contributed by atoms with Crippen molar-refractivity contribution in [2.45, 2.75) is 13.0 Å². The van der Waals surface area contributed by atoms with E-state index in [-0.39, 0.29) is 5.56 Å². The SMILES string of the molecule is O=C([O-])/C=C/c1cc2cccc3c2n(c1=O)CC3. The Morgan fingerprint density at radius 2 is 2.22 bits per heavy atom. The van der Waals surface area contributed by atoms with Gasteiger partial charge in [0.25, 0.3) is 5.56 Å². The van der Waals surface area contributed by atoms with Crippen molar-refractivity contribution >= 4 is 22.9 Å². The highest BCUT2D eigenvalue weighted by molar-refractivity contribution is 5.88. The summed E-state index contributed by atoms with van der Waals surface area (Å²) in [6.45, 7) is 0.654. The summed E-state index contributed by atoms with van der Waals surface area (Å²) in [5.41, 5.74) is 2.36. The van der Waals surface area contributed by atoms with Crippen LogP contribution in [-0.4, -0.2) is 10.5 Å². The van der Waals surface area contributed by atoms with Crippen LogP contribution in [0, 0.1) is 0 Å². The van der Waals surface area contributed by atoms with Crippen molar-refractivity contribution in [3.05, 3.63) is 51.8 Å². The van der Waals surface area contributed by atoms with Gasteiger partial charge >= 0.3 is 0 Å². The molecule has 1 aliphatic rings. The number of carboxylic acids is 1. The maximum absolute atomic E-state index is 12.2. The fraction of sp³-hybridized carbons (Fsp3) is 0.143. The molecule has 1 aromatic carbocycles. The number of rotatable bonds is 2. The third kappa shape index (κ3) is 1.54. The van der Waals surface area contributed by atoms with E-state index in [2.05, 4.69) is 0 Å². The van der Waals surface area contributed by atoms with Crippen LogP contribution in [0.4, 0.5) is 0 Å². The van der Waals surface area contributed by atoms with Crippen molar-refractivity contribution in [2.24, 2.45) is 0 Å². The molecule has 3 rings (SSSR count). The van der Waals surface area contributed by atoms with Gasteiger partial charge in [-0.05, 0) is 35.6 Å². The molecular weight excluding hydrogens is 230 g/mol. The summed E-state index contributed by atoms with van der Waals surface area (Å²) in [7, 11) is 0. The molecule has 0 spiro atoms. The molecule has 0 fully saturated rings. The Labute approximate surface area is 103 Å². The molecule has 0 aliphatic carbocycles. The van der Waals surface area contributed by atoms with Crippen LogP contribution in [0.25, 0.3) is 17.0 Å². The van der Waals surface area contributed by atoms with E-state index in [0.29, 0.717) is 12.1 Å². The number of benzene rings is 1. The predicted molar refractivity (Wildman–Crippen MR) is 66.0 cm³/mol. The Balaban J connectivity index is 2.30. The quantitative estimate of drug-likeness (QED) is 0.710. The summed E-state index contributed by atoms with van der Waals surface area (Å²) < 4.78 is 1.71. The number of hydrogen-bond acceptors (Lipinski definition) is 3. The number of pyridine rings is 1. The Hall–Kier alpha value is -2.36. The zero-order valence-corrected chi connectivity index (χ0v) is 9.55. The standard InChI is InChI=1S/C14H11NO3/c16-12(17)5-4-11-8-10-3-1-2-9-6-7-15(13(9)10)14(11)18/h1-5,8H,6-7H2,(H,16,17)/p-1/b5-4+. The number of carbonyl (C=O) groups is 1. The summed E-state index contributed by atoms with van der Waals surface area (Å²) in [5, 5.41) is 11.4. The molecular formula is C14H10NO3-. The van der Waals surface area contributed by atoms with Crippen molar-refractivity contribution in [1.82, 2.24) is 4.57 Å². The largest absolute Gasteiger partial charge is 0.545 e. The van der Waals surface area contributed by atoms with Gasteiger partial charge in [0.05, 0.1) is 11.5 Å². The number of hydrogen-bond donors (Lipinski definition) is 0. The molecule has 2 aromatic rings. The number of nitrogens with zero attached hydrogens (tertiary/aromatic N) is 1. The molecule has 0 N–H and O–H groups in total. The molecule has 0 radical (unpaired) electrons. The summed E-state index contributed by atoms with van der Waals surface area (Å²) >= 11 is 0. The predicted octanol–water partition coefficient (Wildman–Crippen LogP) is 0.321. The van der Waals surface area contributed by atoms with Crippen LogP contribution in [0.3, 0.4) is 0 Å². The van der Waals surface area contributed by atoms with Gasteiger partial charge < -0.3 is 14.5 Å². The van der Waals surface area contributed by atoms with E-state index in [1.807, 2.05) is 18.2 Å². The van der Waals surface area contributed by atoms with E-state index in [9.17, 15) is 14.7 Å². The number of aliphatic carboxylic acids is 1. The fourth-order valence-corrected chi connectivity index (χ4v) is 2.47. The lowest BCUT2D eigenvalue weighted by molar-refractivity contribution is -0.297. The average Bonchev–Trinajstić information content (AvgIpc) is 2.77. The van der Waals surface area contributed by atoms with E-state index < -0.39 is 5.97 Å². The highest BCUT2D eigenvalue weighted by Gasteiger charge is 2.16. The monoisotopic (exact) mass is 240 g/mol. The van der Waals surface area contributed by atoms with E-state index in [4.69, 9.17) is 0 Å². The first kappa shape index (κ1) is 10.8. The van der Waals surface area contributed by atoms with Gasteiger partial charge in [-0.1, -0.05) is 18.2 Å². The summed E-state index contributed by atoms with van der Waals surface area (Å²) in [5.74, 6) is -1.30. The normalized spacial score (nSPS) is 13.6. The van der Waals surface area contributed by atoms with E-state index in [0.717, 1.165) is 23.4 Å². The molecule has 0 amide bonds. The number of para-hydroxylation sites is 1. The molecule has 4 nitrogen and oxygen atoms in total. The molecule has 0 saturated heterocycles. The van der Waals surface area contributed by atoms with Crippen LogP contribution in [0.5, 0.6) is 0 Å². The molecule has 0 unspecified atom stereocenters. The molecule has 18 heavy (non-hydrogen) atoms. The molecule has 2 heterocycles. The first-order chi connectivity index (χ1) is 8.66. The summed E-state index contributed by atoms with van der Waals surface area (Å²) in [6, 6.07) is 7.62. The number of carboxylic acid groups (broad SMARTS) is 1. The second-order valence-electron chi connectivity index (χ2n) is 4.31. The summed E-state index contributed by atoms with van der Waals surface area (Å²) in [4.78, 5) is 22.6. The first-order valence-corrected chi connectivity index (χ1v) is 5.71. The molecule has 0 bridgehead atoms. The van der Waals surface area contributed by atoms with E-state index in [1.165, 1.54) is 11.6 Å². The highest BCUT2D eigenvalue weighted by Crippen LogP contribution is 2.24. The van der Waals surface area contributed by atoms with Gasteiger partial charge in [-0.3, -0.25) is 4.79 Å². The van der Waals surface area contributed by atoms with Crippen molar-refractivity contribution in [3.63, 3.8) is 0 Å². The minimum atomic E-state index is -1.30. The lowest BCUT2D eigenvalue weighted by Gasteiger charge is -2.05. The molecule has 90 valence electrons. The van der Waals surface area contributed by atoms with Gasteiger partial charge in [0.15, 0.2) is 0 Å². The Morgan fingerprint density at radius 1 is 1.39 bits per heavy atom. The first-order valence-electron chi connectivity index (χ1n) is 5.71. The van der Waals surface area contributed by atoms with Crippen LogP contribution in [0.1, 0.15) is 11.1 Å². The van der Waals surface area contributed by atoms with Crippen molar-refractivity contribution in [1.29, 1.82) is 0 Å². The minimum Gasteiger partial charge on any atom is -0.545 e. The van der Waals surface area contributed by atoms with Crippen molar-refractivity contribution in [3.8, 4) is 0 Å². The topological polar surface area (TPSA) is 62.1 Å². The van der Waals surface area contributed by atoms with Gasteiger partial charge in [-0.25, -0.2) is 0 Å². The van der Waals surface area contributed by atoms with Gasteiger partial charge in [0.1, 0.15) is 0 Å². The lowest BCUT2D eigenvalue weighted by atomic mass is 10.1. The number of aromatic nitrogens is 1. The molecule has 1 aliphatic heterocycles. The van der Waals surface area contributed by atoms with Gasteiger partial charge in [-0.2, -0.15) is 0 Å². The number of carbonyl (C=O) groups excluding carboxylic acids is 1. The Bertz CT molecular complexity index is 741. The molecule has 1 aromatic heterocycles. The van der Waals surface area contributed by atoms with Gasteiger partial charge in [0, 0.05) is 12.1 Å². The second-order valence-corrected chi connectivity index (χ2v) is 4.31. The molecule has 4 heteroatoms. The van der Waals surface area contributed by atoms with Crippen LogP contribution in [-0.2, 0) is 17.8 Å². The fourth-order valence-electron chi connectivity index (χ4n) is 2.47. The average molecular weight is 240 g/mol. The zero-order chi connectivity index (χ0) is 12.7. The molecule has 0 saturated carbocycles. The van der Waals surface area contributed by atoms with Gasteiger partial charge in [-0.15, -0.1) is 0 Å². The second kappa shape index (κ2) is 3.84. The third-order valence-corrected chi connectivity index (χ3v) is 3.23. The van der Waals surface area contributed by atoms with Crippen molar-refractivity contribution < 1.29 is 9.90 Å². The van der Waals surface area contributed by atoms with Crippen molar-refractivity contribution in [2.75, 3.05) is 0 Å². The Morgan fingerprint density at radius 3 is 3.00 bits per heavy atom. The highest BCUT2D eigenvalue weighted by atomic mass is 16.4. The van der Waals surface area contributed by atoms with E-state index in [1.54, 1.807) is 10.6 Å². The maximum atomic E-state index is 12.2. The van der Waals surface area contributed by atoms with Crippen LogP contribution in [0.15, 0.2) is 35.1 Å². The minimum absolute atomic E-state index is 0.148. The third-order valence-electron chi connectivity index (χ3n) is 3.23. The smallest absolute Gasteiger partial charge is 0.258 e. The Kier molecular flexibility index (Phi) is 2.30. The summed E-state index contributed by atoms with van der Waals surface area (Å²) in [6.07, 6.45) is 3.03. The lowest BCUT2D eigenvalue weighted by Crippen LogP contribution is -2.21. The maximum Gasteiger partial charge on any atom is 0.258 e. The van der Waals surface area contributed by atoms with Crippen LogP contribution in [0.2, 0.25) is 0 Å². The number of aryl methyl sites for hydroxylation is 2. The van der Waals surface area contributed by atoms with Crippen LogP contribution < -0.4 is 10.7 Å². The molecule has 0 atom stereocenters.